The van der Waals surface area contributed by atoms with Gasteiger partial charge in [-0.05, 0) is 53.9 Å². The van der Waals surface area contributed by atoms with E-state index in [0.717, 1.165) is 24.0 Å². The molecule has 190 valence electrons. The number of benzene rings is 3. The van der Waals surface area contributed by atoms with Crippen LogP contribution in [0.3, 0.4) is 0 Å². The van der Waals surface area contributed by atoms with Crippen LogP contribution in [0.2, 0.25) is 5.11 Å². The van der Waals surface area contributed by atoms with Gasteiger partial charge in [-0.1, -0.05) is 66.7 Å². The number of amides is 1. The highest BCUT2D eigenvalue weighted by molar-refractivity contribution is 6.62. The summed E-state index contributed by atoms with van der Waals surface area (Å²) in [6.45, 7) is 0. The molecule has 2 aliphatic carbocycles. The number of carboxylic acid groups (broad SMARTS) is 1. The Morgan fingerprint density at radius 2 is 1.52 bits per heavy atom. The number of aromatic nitrogens is 2. The van der Waals surface area contributed by atoms with Crippen LogP contribution in [0, 0.1) is 11.3 Å². The monoisotopic (exact) mass is 519 g/mol. The zero-order valence-corrected chi connectivity index (χ0v) is 22.0. The molecule has 6 nitrogen and oxygen atoms in total. The normalized spacial score (nSPS) is 23.6. The summed E-state index contributed by atoms with van der Waals surface area (Å²) < 4.78 is 1.44. The van der Waals surface area contributed by atoms with E-state index in [2.05, 4.69) is 10.4 Å². The van der Waals surface area contributed by atoms with Crippen molar-refractivity contribution in [2.24, 2.45) is 11.3 Å². The van der Waals surface area contributed by atoms with Crippen molar-refractivity contribution in [3.8, 4) is 11.1 Å². The largest absolute Gasteiger partial charge is 0.481 e. The third-order valence-electron chi connectivity index (χ3n) is 8.66. The predicted octanol–water partition coefficient (Wildman–Crippen LogP) is 3.53. The lowest BCUT2D eigenvalue weighted by Crippen LogP contribution is -2.57. The van der Waals surface area contributed by atoms with Gasteiger partial charge in [0.1, 0.15) is 7.85 Å². The van der Waals surface area contributed by atoms with Crippen molar-refractivity contribution < 1.29 is 14.7 Å². The van der Waals surface area contributed by atoms with Gasteiger partial charge in [0.2, 0.25) is 0 Å². The van der Waals surface area contributed by atoms with Gasteiger partial charge in [0.05, 0.1) is 46.7 Å². The third kappa shape index (κ3) is 4.29. The summed E-state index contributed by atoms with van der Waals surface area (Å²) in [7, 11) is 25.9. The van der Waals surface area contributed by atoms with E-state index >= 15 is 0 Å². The molecule has 1 spiro atoms. The summed E-state index contributed by atoms with van der Waals surface area (Å²) in [6.07, 6.45) is 4.48. The van der Waals surface area contributed by atoms with E-state index in [1.165, 1.54) is 4.68 Å². The lowest BCUT2D eigenvalue weighted by Gasteiger charge is -2.56. The Morgan fingerprint density at radius 1 is 0.875 bits per heavy atom. The van der Waals surface area contributed by atoms with Crippen LogP contribution in [0.1, 0.15) is 41.6 Å². The number of carbonyl (C=O) groups excluding carboxylic acids is 1. The van der Waals surface area contributed by atoms with E-state index in [1.807, 2.05) is 60.7 Å². The number of hydrogen-bond acceptors (Lipinski definition) is 3. The molecule has 0 aliphatic heterocycles. The number of nitrogens with one attached hydrogen (secondary N) is 1. The molecular formula is C30H25B4N3O3. The average Bonchev–Trinajstić information content (AvgIpc) is 3.33. The first-order chi connectivity index (χ1) is 19.0. The molecule has 1 atom stereocenters. The summed E-state index contributed by atoms with van der Waals surface area (Å²) in [5.41, 5.74) is 1.70. The Hall–Kier alpha value is -3.67. The smallest absolute Gasteiger partial charge is 0.306 e. The van der Waals surface area contributed by atoms with E-state index in [4.69, 9.17) is 31.4 Å². The second-order valence-corrected chi connectivity index (χ2v) is 11.5. The summed E-state index contributed by atoms with van der Waals surface area (Å²) in [4.78, 5) is 24.7. The number of fused-ring (bicyclic) bond motifs is 1. The minimum Gasteiger partial charge on any atom is -0.481 e. The minimum atomic E-state index is -1.95. The van der Waals surface area contributed by atoms with Gasteiger partial charge in [-0.2, -0.15) is 5.10 Å². The molecule has 1 aromatic heterocycles. The number of aliphatic carboxylic acids is 1. The number of carbonyl (C=O) groups is 2. The first-order valence-electron chi connectivity index (χ1n) is 13.3. The maximum absolute atomic E-state index is 13.5. The topological polar surface area (TPSA) is 84.2 Å². The molecule has 1 amide bonds. The highest BCUT2D eigenvalue weighted by atomic mass is 16.4. The van der Waals surface area contributed by atoms with Crippen molar-refractivity contribution in [3.63, 3.8) is 0 Å². The lowest BCUT2D eigenvalue weighted by atomic mass is 9.30. The van der Waals surface area contributed by atoms with Crippen molar-refractivity contribution in [1.82, 2.24) is 15.1 Å². The first kappa shape index (κ1) is 26.5. The summed E-state index contributed by atoms with van der Waals surface area (Å²) in [5.74, 6) is -1.29. The first-order valence-corrected chi connectivity index (χ1v) is 13.3. The SMILES string of the molecule is [B]C([B])([B])C([B])(c1ccc(-c2ccccc2)cc1)n1ncc2cccc(C(=O)NC3CC4(C3)CC(C(=O)O)C4)c21. The van der Waals surface area contributed by atoms with Crippen molar-refractivity contribution in [2.75, 3.05) is 0 Å². The Kier molecular flexibility index (Phi) is 6.28. The maximum Gasteiger partial charge on any atom is 0.306 e. The minimum absolute atomic E-state index is 0.0281. The molecule has 0 saturated heterocycles. The van der Waals surface area contributed by atoms with Crippen molar-refractivity contribution in [3.05, 3.63) is 90.1 Å². The van der Waals surface area contributed by atoms with E-state index in [9.17, 15) is 14.7 Å². The maximum atomic E-state index is 13.5. The van der Waals surface area contributed by atoms with Crippen LogP contribution in [-0.2, 0) is 10.2 Å². The molecule has 1 unspecified atom stereocenters. The van der Waals surface area contributed by atoms with Crippen LogP contribution >= 0.6 is 0 Å². The van der Waals surface area contributed by atoms with Crippen molar-refractivity contribution >= 4 is 54.2 Å². The zero-order valence-electron chi connectivity index (χ0n) is 22.0. The van der Waals surface area contributed by atoms with Crippen LogP contribution in [0.15, 0.2) is 79.0 Å². The number of nitrogens with zero attached hydrogens (tertiary/aromatic N) is 2. The van der Waals surface area contributed by atoms with Crippen LogP contribution in [-0.4, -0.2) is 64.2 Å². The van der Waals surface area contributed by atoms with E-state index < -0.39 is 16.5 Å². The van der Waals surface area contributed by atoms with E-state index in [1.54, 1.807) is 18.3 Å². The molecule has 2 aliphatic rings. The summed E-state index contributed by atoms with van der Waals surface area (Å²) in [5, 5.41) is 15.6. The van der Waals surface area contributed by atoms with Gasteiger partial charge in [0.25, 0.3) is 5.91 Å². The Balaban J connectivity index is 1.32. The molecule has 40 heavy (non-hydrogen) atoms. The van der Waals surface area contributed by atoms with Crippen LogP contribution in [0.4, 0.5) is 0 Å². The van der Waals surface area contributed by atoms with Gasteiger partial charge >= 0.3 is 5.97 Å². The molecule has 2 saturated carbocycles. The fraction of sp³-hybridized carbons (Fsp3) is 0.300. The highest BCUT2D eigenvalue weighted by Crippen LogP contribution is 2.58. The van der Waals surface area contributed by atoms with Gasteiger partial charge in [-0.15, -0.1) is 5.11 Å². The number of rotatable bonds is 7. The molecule has 10 heteroatoms. The molecule has 2 fully saturated rings. The van der Waals surface area contributed by atoms with Gasteiger partial charge in [-0.3, -0.25) is 14.3 Å². The molecule has 4 aromatic rings. The average molecular weight is 519 g/mol. The van der Waals surface area contributed by atoms with Gasteiger partial charge < -0.3 is 10.4 Å². The number of para-hydroxylation sites is 1. The predicted molar refractivity (Wildman–Crippen MR) is 158 cm³/mol. The molecule has 0 bridgehead atoms. The molecule has 2 N–H and O–H groups in total. The van der Waals surface area contributed by atoms with Crippen molar-refractivity contribution in [1.29, 1.82) is 0 Å². The highest BCUT2D eigenvalue weighted by Gasteiger charge is 2.55. The van der Waals surface area contributed by atoms with Crippen LogP contribution in [0.25, 0.3) is 22.0 Å². The number of hydrogen-bond donors (Lipinski definition) is 2. The Labute approximate surface area is 238 Å². The van der Waals surface area contributed by atoms with Gasteiger partial charge in [0, 0.05) is 16.9 Å². The van der Waals surface area contributed by atoms with E-state index in [0.29, 0.717) is 34.9 Å². The van der Waals surface area contributed by atoms with Crippen molar-refractivity contribution in [2.45, 2.75) is 42.3 Å². The van der Waals surface area contributed by atoms with Gasteiger partial charge in [-0.25, -0.2) is 0 Å². The standard InChI is InChI=1S/C30H25B4N3O3/c31-29(30(32,33)34,22-11-9-19(10-12-22)18-5-2-1-3-6-18)37-25-20(17-35-37)7-4-8-24(25)26(38)36-23-15-28(16-23)13-21(14-28)27(39)40/h1-12,17,21,23H,13-16H2,(H,36,38)(H,39,40). The Morgan fingerprint density at radius 3 is 2.15 bits per heavy atom. The molecule has 8 radical (unpaired) electrons. The molecule has 3 aromatic carbocycles. The zero-order chi connectivity index (χ0) is 28.3. The van der Waals surface area contributed by atoms with Crippen LogP contribution < -0.4 is 5.32 Å². The Bertz CT molecular complexity index is 1590. The fourth-order valence-corrected chi connectivity index (χ4v) is 6.48. The van der Waals surface area contributed by atoms with Crippen LogP contribution in [0.5, 0.6) is 0 Å². The molecular weight excluding hydrogens is 494 g/mol. The number of carboxylic acids is 1. The second kappa shape index (κ2) is 9.46. The fourth-order valence-electron chi connectivity index (χ4n) is 6.48. The quantitative estimate of drug-likeness (QED) is 0.367. The molecule has 1 heterocycles. The second-order valence-electron chi connectivity index (χ2n) is 11.5. The summed E-state index contributed by atoms with van der Waals surface area (Å²) in [6, 6.07) is 22.7. The lowest BCUT2D eigenvalue weighted by molar-refractivity contribution is -0.155. The molecule has 6 rings (SSSR count). The third-order valence-corrected chi connectivity index (χ3v) is 8.66. The van der Waals surface area contributed by atoms with Gasteiger partial charge in [0.15, 0.2) is 0 Å². The summed E-state index contributed by atoms with van der Waals surface area (Å²) >= 11 is 0. The van der Waals surface area contributed by atoms with E-state index in [-0.39, 0.29) is 23.3 Å².